The Morgan fingerprint density at radius 2 is 1.77 bits per heavy atom. The molecule has 3 rings (SSSR count). The number of H-pyrrole nitrogens is 1. The minimum atomic E-state index is -5.73. The van der Waals surface area contributed by atoms with Gasteiger partial charge in [-0.2, -0.15) is 0 Å². The van der Waals surface area contributed by atoms with Crippen LogP contribution in [0.1, 0.15) is 0 Å². The van der Waals surface area contributed by atoms with Crippen molar-refractivity contribution in [2.24, 2.45) is 0 Å². The molecule has 140 valence electrons. The maximum atomic E-state index is 12.9. The number of methoxy groups -OCH3 is 1. The monoisotopic (exact) mass is 499 g/mol. The molecule has 26 heavy (non-hydrogen) atoms. The van der Waals surface area contributed by atoms with E-state index < -0.39 is 35.9 Å². The third kappa shape index (κ3) is 3.67. The van der Waals surface area contributed by atoms with Gasteiger partial charge in [0.2, 0.25) is 0 Å². The summed E-state index contributed by atoms with van der Waals surface area (Å²) in [6.07, 6.45) is 1.49. The molecule has 1 heterocycles. The minimum absolute atomic E-state index is 0.405. The fourth-order valence-electron chi connectivity index (χ4n) is 2.17. The van der Waals surface area contributed by atoms with E-state index in [4.69, 9.17) is 7.25 Å². The Morgan fingerprint density at radius 1 is 1.08 bits per heavy atom. The summed E-state index contributed by atoms with van der Waals surface area (Å²) in [7, 11) is -4.27. The van der Waals surface area contributed by atoms with E-state index in [-0.39, 0.29) is 0 Å². The summed E-state index contributed by atoms with van der Waals surface area (Å²) < 4.78 is 72.6. The molecule has 0 radical (unpaired) electrons. The Kier molecular flexibility index (Phi) is 5.17. The van der Waals surface area contributed by atoms with Crippen molar-refractivity contribution in [3.05, 3.63) is 61.9 Å². The van der Waals surface area contributed by atoms with E-state index in [0.717, 1.165) is 0 Å². The van der Waals surface area contributed by atoms with Crippen molar-refractivity contribution in [1.82, 2.24) is 4.98 Å². The second-order valence-corrected chi connectivity index (χ2v) is 11.5. The first-order chi connectivity index (χ1) is 12.2. The average Bonchev–Trinajstić information content (AvgIpc) is 3.02. The number of hydrogen-bond acceptors (Lipinski definition) is 4. The zero-order chi connectivity index (χ0) is 18.9. The molecule has 0 aliphatic carbocycles. The summed E-state index contributed by atoms with van der Waals surface area (Å²) in [5.41, 5.74) is -4.84. The van der Waals surface area contributed by atoms with Gasteiger partial charge in [0.1, 0.15) is 0 Å². The van der Waals surface area contributed by atoms with E-state index >= 15 is 0 Å². The second kappa shape index (κ2) is 7.08. The molecule has 0 fully saturated rings. The Balaban J connectivity index is 2.16. The second-order valence-electron chi connectivity index (χ2n) is 5.06. The summed E-state index contributed by atoms with van der Waals surface area (Å²) in [5.74, 6) is 0.501. The zero-order valence-corrected chi connectivity index (χ0v) is 16.2. The summed E-state index contributed by atoms with van der Waals surface area (Å²) in [6.45, 7) is 0. The van der Waals surface area contributed by atoms with Gasteiger partial charge >= 0.3 is 155 Å². The van der Waals surface area contributed by atoms with Crippen molar-refractivity contribution in [3.8, 4) is 5.75 Å². The number of rotatable bonds is 5. The van der Waals surface area contributed by atoms with Crippen molar-refractivity contribution in [2.45, 2.75) is 5.51 Å². The standard InChI is InChI=1S/C16H13F3INO4S/c1-24-12-7-8-15-13(9-12)14(10-21-15)20(11-5-3-2-4-6-11)25-26(22,23)16(17,18)19/h2-10,21H,1H3. The average molecular weight is 499 g/mol. The van der Waals surface area contributed by atoms with Gasteiger partial charge in [-0.15, -0.1) is 0 Å². The fraction of sp³-hybridized carbons (Fsp3) is 0.125. The molecule has 0 aliphatic heterocycles. The molecule has 5 nitrogen and oxygen atoms in total. The van der Waals surface area contributed by atoms with Gasteiger partial charge in [-0.3, -0.25) is 0 Å². The van der Waals surface area contributed by atoms with Gasteiger partial charge in [0.15, 0.2) is 0 Å². The zero-order valence-electron chi connectivity index (χ0n) is 13.2. The van der Waals surface area contributed by atoms with Gasteiger partial charge in [0.25, 0.3) is 0 Å². The Labute approximate surface area is 155 Å². The predicted molar refractivity (Wildman–Crippen MR) is 98.8 cm³/mol. The molecule has 1 N–H and O–H groups in total. The fourth-order valence-corrected chi connectivity index (χ4v) is 8.94. The number of fused-ring (bicyclic) bond motifs is 1. The van der Waals surface area contributed by atoms with Crippen molar-refractivity contribution in [3.63, 3.8) is 0 Å². The first-order valence-corrected chi connectivity index (χ1v) is 11.6. The molecule has 0 saturated carbocycles. The predicted octanol–water partition coefficient (Wildman–Crippen LogP) is 4.50. The Hall–Kier alpha value is -1.79. The molecular formula is C16H13F3INO4S. The van der Waals surface area contributed by atoms with Crippen molar-refractivity contribution in [1.29, 1.82) is 0 Å². The van der Waals surface area contributed by atoms with Crippen LogP contribution in [0.2, 0.25) is 0 Å². The Morgan fingerprint density at radius 3 is 2.38 bits per heavy atom. The molecule has 0 unspecified atom stereocenters. The van der Waals surface area contributed by atoms with E-state index in [1.165, 1.54) is 13.3 Å². The topological polar surface area (TPSA) is 68.4 Å². The van der Waals surface area contributed by atoms with E-state index in [2.05, 4.69) is 4.98 Å². The molecule has 2 aromatic carbocycles. The molecule has 0 bridgehead atoms. The van der Waals surface area contributed by atoms with Gasteiger partial charge < -0.3 is 0 Å². The molecule has 3 aromatic rings. The molecule has 0 amide bonds. The molecule has 0 atom stereocenters. The van der Waals surface area contributed by atoms with E-state index in [0.29, 0.717) is 23.8 Å². The van der Waals surface area contributed by atoms with Gasteiger partial charge in [-0.1, -0.05) is 0 Å². The number of benzene rings is 2. The normalized spacial score (nSPS) is 13.0. The van der Waals surface area contributed by atoms with Crippen LogP contribution in [0.5, 0.6) is 5.75 Å². The Bertz CT molecular complexity index is 1020. The third-order valence-corrected chi connectivity index (χ3v) is 10.5. The van der Waals surface area contributed by atoms with E-state index in [9.17, 15) is 21.6 Å². The van der Waals surface area contributed by atoms with Gasteiger partial charge in [0, 0.05) is 0 Å². The molecule has 0 spiro atoms. The molecular weight excluding hydrogens is 486 g/mol. The van der Waals surface area contributed by atoms with E-state index in [1.807, 2.05) is 0 Å². The quantitative estimate of drug-likeness (QED) is 0.415. The van der Waals surface area contributed by atoms with Crippen LogP contribution in [0.15, 0.2) is 54.7 Å². The van der Waals surface area contributed by atoms with Crippen LogP contribution in [0, 0.1) is 7.14 Å². The number of aromatic nitrogens is 1. The summed E-state index contributed by atoms with van der Waals surface area (Å²) in [5, 5.41) is 0.566. The van der Waals surface area contributed by atoms with Crippen LogP contribution in [0.3, 0.4) is 0 Å². The summed E-state index contributed by atoms with van der Waals surface area (Å²) in [6, 6.07) is 13.1. The number of ether oxygens (including phenoxy) is 1. The number of nitrogens with one attached hydrogen (secondary N) is 1. The van der Waals surface area contributed by atoms with Crippen LogP contribution in [0.25, 0.3) is 10.9 Å². The van der Waals surface area contributed by atoms with Crippen molar-refractivity contribution in [2.75, 3.05) is 7.11 Å². The summed E-state index contributed by atoms with van der Waals surface area (Å²) >= 11 is -3.42. The van der Waals surface area contributed by atoms with Gasteiger partial charge in [-0.25, -0.2) is 0 Å². The van der Waals surface area contributed by atoms with E-state index in [1.54, 1.807) is 48.5 Å². The molecule has 10 heteroatoms. The van der Waals surface area contributed by atoms with Crippen LogP contribution in [-0.2, 0) is 12.6 Å². The number of aromatic amines is 1. The van der Waals surface area contributed by atoms with Crippen LogP contribution in [0.4, 0.5) is 13.2 Å². The third-order valence-electron chi connectivity index (χ3n) is 3.38. The van der Waals surface area contributed by atoms with Crippen molar-refractivity contribution >= 4 is 41.3 Å². The molecule has 0 saturated heterocycles. The van der Waals surface area contributed by atoms with Crippen LogP contribution < -0.4 is 4.74 Å². The first-order valence-electron chi connectivity index (χ1n) is 7.14. The number of alkyl halides is 3. The van der Waals surface area contributed by atoms with Crippen LogP contribution >= 0.6 is 20.2 Å². The number of hydrogen-bond donors (Lipinski definition) is 1. The first kappa shape index (κ1) is 19.0. The van der Waals surface area contributed by atoms with Crippen LogP contribution in [-0.4, -0.2) is 26.0 Å². The number of halogens is 4. The maximum absolute atomic E-state index is 12.9. The van der Waals surface area contributed by atoms with Gasteiger partial charge in [0.05, 0.1) is 0 Å². The van der Waals surface area contributed by atoms with Gasteiger partial charge in [-0.05, 0) is 0 Å². The molecule has 1 aromatic heterocycles. The molecule has 0 aliphatic rings. The summed E-state index contributed by atoms with van der Waals surface area (Å²) in [4.78, 5) is 2.94. The van der Waals surface area contributed by atoms with Crippen molar-refractivity contribution < 1.29 is 28.8 Å². The SMILES string of the molecule is COc1ccc2[nH]cc(I(OS(=O)(=O)C(F)(F)F)c3ccccc3)c2c1.